The van der Waals surface area contributed by atoms with Gasteiger partial charge < -0.3 is 9.80 Å². The Morgan fingerprint density at radius 2 is 1.26 bits per heavy atom. The molecule has 1 aliphatic heterocycles. The highest BCUT2D eigenvalue weighted by Crippen LogP contribution is 2.35. The van der Waals surface area contributed by atoms with Crippen LogP contribution in [0.1, 0.15) is 51.3 Å². The second kappa shape index (κ2) is 11.9. The van der Waals surface area contributed by atoms with Crippen LogP contribution >= 0.6 is 0 Å². The average Bonchev–Trinajstić information content (AvgIpc) is 3.35. The Morgan fingerprint density at radius 1 is 0.714 bits per heavy atom. The van der Waals surface area contributed by atoms with Gasteiger partial charge in [-0.2, -0.15) is 0 Å². The van der Waals surface area contributed by atoms with E-state index in [1.807, 2.05) is 0 Å². The lowest BCUT2D eigenvalue weighted by Gasteiger charge is -2.21. The zero-order valence-electron chi connectivity index (χ0n) is 21.6. The number of anilines is 3. The molecule has 0 saturated carbocycles. The molecule has 3 aromatic carbocycles. The van der Waals surface area contributed by atoms with E-state index >= 15 is 0 Å². The van der Waals surface area contributed by atoms with Crippen molar-refractivity contribution in [3.63, 3.8) is 0 Å². The van der Waals surface area contributed by atoms with Gasteiger partial charge in [-0.3, -0.25) is 0 Å². The van der Waals surface area contributed by atoms with E-state index in [2.05, 4.69) is 134 Å². The molecule has 1 heterocycles. The van der Waals surface area contributed by atoms with Crippen LogP contribution in [-0.4, -0.2) is 31.9 Å². The zero-order chi connectivity index (χ0) is 24.6. The monoisotopic (exact) mass is 466 g/mol. The van der Waals surface area contributed by atoms with Crippen LogP contribution < -0.4 is 14.8 Å². The normalized spacial score (nSPS) is 16.0. The Labute approximate surface area is 211 Å². The summed E-state index contributed by atoms with van der Waals surface area (Å²) >= 11 is 0. The maximum Gasteiger partial charge on any atom is 0.212 e. The molecule has 1 unspecified atom stereocenters. The summed E-state index contributed by atoms with van der Waals surface area (Å²) in [5.74, 6) is 0. The van der Waals surface area contributed by atoms with Crippen molar-refractivity contribution in [1.82, 2.24) is 5.01 Å². The molecule has 4 heteroatoms. The minimum absolute atomic E-state index is 0.188. The summed E-state index contributed by atoms with van der Waals surface area (Å²) in [6.07, 6.45) is 5.24. The largest absolute Gasteiger partial charge is 0.372 e. The van der Waals surface area contributed by atoms with E-state index in [9.17, 15) is 0 Å². The summed E-state index contributed by atoms with van der Waals surface area (Å²) in [5, 5.41) is 7.21. The van der Waals surface area contributed by atoms with E-state index in [4.69, 9.17) is 5.10 Å². The van der Waals surface area contributed by atoms with E-state index in [0.29, 0.717) is 0 Å². The molecule has 0 spiro atoms. The molecular weight excluding hydrogens is 428 g/mol. The minimum atomic E-state index is 0.188. The quantitative estimate of drug-likeness (QED) is 0.292. The van der Waals surface area contributed by atoms with Gasteiger partial charge in [0, 0.05) is 60.3 Å². The Balaban J connectivity index is 1.55. The Hall–Kier alpha value is -3.37. The highest BCUT2D eigenvalue weighted by Gasteiger charge is 2.39. The molecular formula is C31H38N4+. The standard InChI is InChI=1S/C31H38N4/c1-5-33(6-2)28-20-15-25(16-21-28)14-19-27-24-31(35(32-27)30-12-10-9-11-13-30)26-17-22-29(23-18-26)34(7-3)8-4/h9-23,31H,5-8,24H2,1-4H3/q+1. The molecule has 0 aliphatic carbocycles. The van der Waals surface area contributed by atoms with Gasteiger partial charge in [0.15, 0.2) is 6.04 Å². The number of hydrogen-bond donors (Lipinski definition) is 0. The van der Waals surface area contributed by atoms with E-state index in [1.54, 1.807) is 0 Å². The SMILES string of the molecule is CCN(CC)c1ccc(C=CC2=N[N+](c3ccccc3)C(c3ccc(N(CC)CC)cc3)C2)cc1. The molecule has 0 saturated heterocycles. The molecule has 0 amide bonds. The van der Waals surface area contributed by atoms with Gasteiger partial charge >= 0.3 is 0 Å². The molecule has 1 aliphatic rings. The third-order valence-corrected chi connectivity index (χ3v) is 6.85. The minimum Gasteiger partial charge on any atom is -0.372 e. The Morgan fingerprint density at radius 3 is 1.80 bits per heavy atom. The van der Waals surface area contributed by atoms with Gasteiger partial charge in [-0.15, -0.1) is 0 Å². The van der Waals surface area contributed by atoms with E-state index in [-0.39, 0.29) is 6.04 Å². The molecule has 0 bridgehead atoms. The Bertz CT molecular complexity index is 1110. The predicted octanol–water partition coefficient (Wildman–Crippen LogP) is 7.37. The number of benzene rings is 3. The summed E-state index contributed by atoms with van der Waals surface area (Å²) in [6.45, 7) is 12.9. The highest BCUT2D eigenvalue weighted by atomic mass is 15.5. The Kier molecular flexibility index (Phi) is 8.38. The fourth-order valence-corrected chi connectivity index (χ4v) is 4.79. The van der Waals surface area contributed by atoms with Crippen molar-refractivity contribution in [3.05, 3.63) is 96.1 Å². The van der Waals surface area contributed by atoms with E-state index < -0.39 is 0 Å². The van der Waals surface area contributed by atoms with Crippen molar-refractivity contribution in [1.29, 1.82) is 0 Å². The van der Waals surface area contributed by atoms with Crippen molar-refractivity contribution in [2.75, 3.05) is 36.0 Å². The molecule has 0 N–H and O–H groups in total. The van der Waals surface area contributed by atoms with E-state index in [1.165, 1.54) is 22.5 Å². The van der Waals surface area contributed by atoms with Gasteiger partial charge in [0.2, 0.25) is 5.69 Å². The molecule has 0 fully saturated rings. The molecule has 0 aromatic heterocycles. The summed E-state index contributed by atoms with van der Waals surface area (Å²) in [7, 11) is 0. The third-order valence-electron chi connectivity index (χ3n) is 6.85. The molecule has 35 heavy (non-hydrogen) atoms. The van der Waals surface area contributed by atoms with Crippen molar-refractivity contribution in [3.8, 4) is 0 Å². The fraction of sp³-hybridized carbons (Fsp3) is 0.323. The van der Waals surface area contributed by atoms with Crippen LogP contribution in [-0.2, 0) is 0 Å². The number of para-hydroxylation sites is 1. The lowest BCUT2D eigenvalue weighted by Crippen LogP contribution is -2.22. The lowest BCUT2D eigenvalue weighted by molar-refractivity contribution is 0.476. The molecule has 181 valence electrons. The first kappa shape index (κ1) is 24.7. The predicted molar refractivity (Wildman–Crippen MR) is 152 cm³/mol. The van der Waals surface area contributed by atoms with Gasteiger partial charge in [0.25, 0.3) is 0 Å². The van der Waals surface area contributed by atoms with Crippen LogP contribution in [0.15, 0.2) is 90.0 Å². The first-order chi connectivity index (χ1) is 17.2. The van der Waals surface area contributed by atoms with Crippen LogP contribution in [0.4, 0.5) is 17.1 Å². The maximum atomic E-state index is 5.04. The van der Waals surface area contributed by atoms with Crippen LogP contribution in [0.25, 0.3) is 6.08 Å². The maximum absolute atomic E-state index is 5.04. The van der Waals surface area contributed by atoms with Gasteiger partial charge in [-0.25, -0.2) is 0 Å². The van der Waals surface area contributed by atoms with E-state index in [0.717, 1.165) is 44.0 Å². The summed E-state index contributed by atoms with van der Waals surface area (Å²) in [4.78, 5) is 4.74. The van der Waals surface area contributed by atoms with Crippen molar-refractivity contribution < 1.29 is 0 Å². The molecule has 3 aromatic rings. The second-order valence-corrected chi connectivity index (χ2v) is 8.85. The summed E-state index contributed by atoms with van der Waals surface area (Å²) in [6, 6.07) is 28.5. The van der Waals surface area contributed by atoms with Crippen LogP contribution in [0.2, 0.25) is 0 Å². The molecule has 1 atom stereocenters. The van der Waals surface area contributed by atoms with Crippen molar-refractivity contribution >= 4 is 28.8 Å². The van der Waals surface area contributed by atoms with Gasteiger partial charge in [-0.05, 0) is 68.7 Å². The van der Waals surface area contributed by atoms with Gasteiger partial charge in [-0.1, -0.05) is 48.5 Å². The van der Waals surface area contributed by atoms with Gasteiger partial charge in [0.05, 0.1) is 6.42 Å². The number of rotatable bonds is 10. The highest BCUT2D eigenvalue weighted by molar-refractivity contribution is 6.00. The summed E-state index contributed by atoms with van der Waals surface area (Å²) in [5.41, 5.74) is 7.25. The lowest BCUT2D eigenvalue weighted by atomic mass is 10.00. The fourth-order valence-electron chi connectivity index (χ4n) is 4.79. The number of hydrazone groups is 1. The van der Waals surface area contributed by atoms with Crippen molar-refractivity contribution in [2.45, 2.75) is 40.2 Å². The molecule has 4 rings (SSSR count). The average molecular weight is 467 g/mol. The first-order valence-corrected chi connectivity index (χ1v) is 13.0. The number of hydrogen-bond acceptors (Lipinski definition) is 4. The second-order valence-electron chi connectivity index (χ2n) is 8.85. The van der Waals surface area contributed by atoms with Crippen LogP contribution in [0.5, 0.6) is 0 Å². The molecule has 1 radical (unpaired) electrons. The zero-order valence-corrected chi connectivity index (χ0v) is 21.6. The van der Waals surface area contributed by atoms with Gasteiger partial charge in [0.1, 0.15) is 5.71 Å². The topological polar surface area (TPSA) is 24.7 Å². The summed E-state index contributed by atoms with van der Waals surface area (Å²) < 4.78 is 0. The number of allylic oxidation sites excluding steroid dienone is 1. The van der Waals surface area contributed by atoms with Crippen molar-refractivity contribution in [2.24, 2.45) is 5.10 Å². The third kappa shape index (κ3) is 5.83. The first-order valence-electron chi connectivity index (χ1n) is 13.0. The molecule has 4 nitrogen and oxygen atoms in total. The van der Waals surface area contributed by atoms with Crippen LogP contribution in [0, 0.1) is 0 Å². The number of nitrogens with zero attached hydrogens (tertiary/aromatic N) is 4. The smallest absolute Gasteiger partial charge is 0.212 e. The van der Waals surface area contributed by atoms with Crippen LogP contribution in [0.3, 0.4) is 0 Å².